The Morgan fingerprint density at radius 1 is 1.27 bits per heavy atom. The highest BCUT2D eigenvalue weighted by atomic mass is 19.1. The predicted molar refractivity (Wildman–Crippen MR) is 92.8 cm³/mol. The Labute approximate surface area is 151 Å². The van der Waals surface area contributed by atoms with Crippen LogP contribution in [0.4, 0.5) is 4.39 Å². The second-order valence-corrected chi connectivity index (χ2v) is 7.61. The van der Waals surface area contributed by atoms with E-state index < -0.39 is 52.4 Å². The van der Waals surface area contributed by atoms with Crippen LogP contribution >= 0.6 is 0 Å². The van der Waals surface area contributed by atoms with Crippen molar-refractivity contribution in [2.45, 2.75) is 45.6 Å². The molecule has 0 radical (unpaired) electrons. The molecule has 1 aliphatic rings. The number of esters is 1. The third-order valence-corrected chi connectivity index (χ3v) is 3.97. The van der Waals surface area contributed by atoms with Gasteiger partial charge < -0.3 is 15.2 Å². The average molecular weight is 363 g/mol. The molecule has 0 bridgehead atoms. The second-order valence-electron chi connectivity index (χ2n) is 7.61. The molecule has 0 unspecified atom stereocenters. The van der Waals surface area contributed by atoms with Gasteiger partial charge in [0.25, 0.3) is 5.91 Å². The van der Waals surface area contributed by atoms with E-state index in [1.165, 1.54) is 32.0 Å². The van der Waals surface area contributed by atoms with Crippen molar-refractivity contribution >= 4 is 23.4 Å². The van der Waals surface area contributed by atoms with Crippen molar-refractivity contribution in [2.24, 2.45) is 0 Å². The zero-order chi connectivity index (χ0) is 19.9. The molecule has 0 saturated heterocycles. The lowest BCUT2D eigenvalue weighted by Gasteiger charge is -2.32. The van der Waals surface area contributed by atoms with Gasteiger partial charge in [-0.2, -0.15) is 0 Å². The summed E-state index contributed by atoms with van der Waals surface area (Å²) in [6.45, 7) is 7.53. The third kappa shape index (κ3) is 3.61. The van der Waals surface area contributed by atoms with Crippen LogP contribution in [0.15, 0.2) is 23.8 Å². The first-order valence-corrected chi connectivity index (χ1v) is 8.13. The van der Waals surface area contributed by atoms with E-state index in [1.54, 1.807) is 20.8 Å². The number of carbonyl (C=O) groups is 3. The molecular formula is C19H22FNO5. The highest BCUT2D eigenvalue weighted by Gasteiger charge is 2.44. The molecule has 1 aliphatic carbocycles. The van der Waals surface area contributed by atoms with E-state index >= 15 is 0 Å². The van der Waals surface area contributed by atoms with Gasteiger partial charge in [-0.1, -0.05) is 12.1 Å². The number of halogens is 1. The van der Waals surface area contributed by atoms with E-state index in [1.807, 2.05) is 0 Å². The number of amides is 1. The Morgan fingerprint density at radius 2 is 1.88 bits per heavy atom. The predicted octanol–water partition coefficient (Wildman–Crippen LogP) is 2.41. The average Bonchev–Trinajstić information content (AvgIpc) is 2.49. The minimum absolute atomic E-state index is 0.0335. The lowest BCUT2D eigenvalue weighted by atomic mass is 9.70. The molecule has 140 valence electrons. The zero-order valence-electron chi connectivity index (χ0n) is 15.4. The molecule has 2 rings (SSSR count). The van der Waals surface area contributed by atoms with Crippen LogP contribution < -0.4 is 5.32 Å². The number of Topliss-reactive ketones (excluding diaryl/α,β-unsaturated/α-hetero) is 1. The van der Waals surface area contributed by atoms with Crippen LogP contribution in [0.25, 0.3) is 5.76 Å². The molecule has 1 aromatic carbocycles. The summed E-state index contributed by atoms with van der Waals surface area (Å²) in [4.78, 5) is 36.9. The van der Waals surface area contributed by atoms with Gasteiger partial charge in [-0.25, -0.2) is 4.39 Å². The fraction of sp³-hybridized carbons (Fsp3) is 0.421. The number of aliphatic hydroxyl groups is 1. The summed E-state index contributed by atoms with van der Waals surface area (Å²) in [6, 6.07) is 4.00. The van der Waals surface area contributed by atoms with Crippen molar-refractivity contribution in [1.29, 1.82) is 0 Å². The van der Waals surface area contributed by atoms with Gasteiger partial charge in [-0.3, -0.25) is 14.4 Å². The maximum absolute atomic E-state index is 14.2. The van der Waals surface area contributed by atoms with Gasteiger partial charge in [0.2, 0.25) is 0 Å². The SMILES string of the molecule is CC(C)(C)OC(=O)CNC(=O)C1=C(O)c2cccc(F)c2C(C)(C)C1=O. The van der Waals surface area contributed by atoms with Crippen LogP contribution in [0.3, 0.4) is 0 Å². The van der Waals surface area contributed by atoms with Crippen molar-refractivity contribution in [3.63, 3.8) is 0 Å². The maximum Gasteiger partial charge on any atom is 0.325 e. The van der Waals surface area contributed by atoms with E-state index in [4.69, 9.17) is 4.74 Å². The quantitative estimate of drug-likeness (QED) is 0.635. The summed E-state index contributed by atoms with van der Waals surface area (Å²) in [5, 5.41) is 12.7. The van der Waals surface area contributed by atoms with E-state index in [0.29, 0.717) is 0 Å². The Hall–Kier alpha value is -2.70. The molecule has 0 saturated carbocycles. The van der Waals surface area contributed by atoms with Crippen molar-refractivity contribution in [3.8, 4) is 0 Å². The number of ether oxygens (including phenoxy) is 1. The Balaban J connectivity index is 2.33. The molecule has 0 fully saturated rings. The molecule has 2 N–H and O–H groups in total. The number of nitrogens with one attached hydrogen (secondary N) is 1. The minimum atomic E-state index is -1.34. The molecule has 1 aromatic rings. The summed E-state index contributed by atoms with van der Waals surface area (Å²) in [7, 11) is 0. The Morgan fingerprint density at radius 3 is 2.46 bits per heavy atom. The van der Waals surface area contributed by atoms with Crippen molar-refractivity contribution in [1.82, 2.24) is 5.32 Å². The van der Waals surface area contributed by atoms with Gasteiger partial charge in [-0.15, -0.1) is 0 Å². The lowest BCUT2D eigenvalue weighted by molar-refractivity contribution is -0.154. The van der Waals surface area contributed by atoms with Crippen molar-refractivity contribution < 1.29 is 28.6 Å². The van der Waals surface area contributed by atoms with Gasteiger partial charge in [0.1, 0.15) is 29.3 Å². The standard InChI is InChI=1S/C19H22FNO5/c1-18(2,3)26-12(22)9-21-17(25)13-15(23)10-7-6-8-11(20)14(10)19(4,5)16(13)24/h6-8,23H,9H2,1-5H3,(H,21,25). The molecule has 6 nitrogen and oxygen atoms in total. The maximum atomic E-state index is 14.2. The number of aliphatic hydroxyl groups excluding tert-OH is 1. The van der Waals surface area contributed by atoms with Gasteiger partial charge in [-0.05, 0) is 40.7 Å². The third-order valence-electron chi connectivity index (χ3n) is 3.97. The van der Waals surface area contributed by atoms with Crippen LogP contribution in [-0.4, -0.2) is 34.9 Å². The lowest BCUT2D eigenvalue weighted by Crippen LogP contribution is -2.43. The van der Waals surface area contributed by atoms with Crippen LogP contribution in [0.1, 0.15) is 45.7 Å². The first-order valence-electron chi connectivity index (χ1n) is 8.13. The molecule has 26 heavy (non-hydrogen) atoms. The van der Waals surface area contributed by atoms with Gasteiger partial charge in [0.05, 0.1) is 5.41 Å². The number of rotatable bonds is 3. The highest BCUT2D eigenvalue weighted by Crippen LogP contribution is 2.40. The Bertz CT molecular complexity index is 818. The summed E-state index contributed by atoms with van der Waals surface area (Å²) in [6.07, 6.45) is 0. The zero-order valence-corrected chi connectivity index (χ0v) is 15.4. The number of ketones is 1. The number of fused-ring (bicyclic) bond motifs is 1. The van der Waals surface area contributed by atoms with E-state index in [-0.39, 0.29) is 11.1 Å². The van der Waals surface area contributed by atoms with Crippen LogP contribution in [0, 0.1) is 5.82 Å². The first kappa shape index (κ1) is 19.6. The second kappa shape index (κ2) is 6.55. The molecule has 0 aliphatic heterocycles. The normalized spacial score (nSPS) is 16.2. The molecule has 0 spiro atoms. The minimum Gasteiger partial charge on any atom is -0.506 e. The topological polar surface area (TPSA) is 92.7 Å². The number of hydrogen-bond donors (Lipinski definition) is 2. The molecular weight excluding hydrogens is 341 g/mol. The molecule has 0 heterocycles. The van der Waals surface area contributed by atoms with Crippen molar-refractivity contribution in [3.05, 3.63) is 40.7 Å². The van der Waals surface area contributed by atoms with Gasteiger partial charge >= 0.3 is 5.97 Å². The number of carbonyl (C=O) groups excluding carboxylic acids is 3. The number of hydrogen-bond acceptors (Lipinski definition) is 5. The number of benzene rings is 1. The van der Waals surface area contributed by atoms with Gasteiger partial charge in [0, 0.05) is 11.1 Å². The molecule has 1 amide bonds. The molecule has 7 heteroatoms. The van der Waals surface area contributed by atoms with E-state index in [0.717, 1.165) is 0 Å². The summed E-state index contributed by atoms with van der Waals surface area (Å²) < 4.78 is 19.3. The molecule has 0 aromatic heterocycles. The summed E-state index contributed by atoms with van der Waals surface area (Å²) in [5.41, 5.74) is -2.45. The van der Waals surface area contributed by atoms with E-state index in [9.17, 15) is 23.9 Å². The Kier molecular flexibility index (Phi) is 4.94. The fourth-order valence-electron chi connectivity index (χ4n) is 2.85. The van der Waals surface area contributed by atoms with E-state index in [2.05, 4.69) is 5.32 Å². The van der Waals surface area contributed by atoms with Crippen LogP contribution in [-0.2, 0) is 24.5 Å². The highest BCUT2D eigenvalue weighted by molar-refractivity contribution is 6.28. The van der Waals surface area contributed by atoms with Crippen LogP contribution in [0.2, 0.25) is 0 Å². The monoisotopic (exact) mass is 363 g/mol. The van der Waals surface area contributed by atoms with Crippen molar-refractivity contribution in [2.75, 3.05) is 6.54 Å². The summed E-state index contributed by atoms with van der Waals surface area (Å²) in [5.74, 6) is -3.57. The van der Waals surface area contributed by atoms with Gasteiger partial charge in [0.15, 0.2) is 5.78 Å². The smallest absolute Gasteiger partial charge is 0.325 e. The summed E-state index contributed by atoms with van der Waals surface area (Å²) >= 11 is 0. The molecule has 0 atom stereocenters. The van der Waals surface area contributed by atoms with Crippen LogP contribution in [0.5, 0.6) is 0 Å². The first-order chi connectivity index (χ1) is 11.9. The largest absolute Gasteiger partial charge is 0.506 e. The fourth-order valence-corrected chi connectivity index (χ4v) is 2.85.